The van der Waals surface area contributed by atoms with Gasteiger partial charge >= 0.3 is 0 Å². The molecule has 0 saturated carbocycles. The number of benzene rings is 2. The van der Waals surface area contributed by atoms with E-state index in [1.165, 1.54) is 35.0 Å². The minimum absolute atomic E-state index is 0.0373. The van der Waals surface area contributed by atoms with E-state index < -0.39 is 23.7 Å². The summed E-state index contributed by atoms with van der Waals surface area (Å²) in [7, 11) is 0. The molecule has 6 heteroatoms. The molecule has 0 aliphatic heterocycles. The number of halogens is 3. The summed E-state index contributed by atoms with van der Waals surface area (Å²) in [5.41, 5.74) is -0.789. The lowest BCUT2D eigenvalue weighted by atomic mass is 10.0. The largest absolute Gasteiger partial charge is 0.508 e. The molecule has 0 unspecified atom stereocenters. The van der Waals surface area contributed by atoms with Gasteiger partial charge in [0.15, 0.2) is 11.2 Å². The number of pyridine rings is 1. The van der Waals surface area contributed by atoms with Crippen LogP contribution in [0.5, 0.6) is 5.75 Å². The van der Waals surface area contributed by atoms with Crippen LogP contribution in [0.15, 0.2) is 47.4 Å². The number of rotatable bonds is 3. The molecule has 3 rings (SSSR count). The molecule has 0 radical (unpaired) electrons. The van der Waals surface area contributed by atoms with Crippen molar-refractivity contribution in [1.82, 2.24) is 4.57 Å². The molecule has 3 aromatic rings. The normalized spacial score (nSPS) is 11.1. The van der Waals surface area contributed by atoms with Crippen LogP contribution in [0.4, 0.5) is 13.2 Å². The van der Waals surface area contributed by atoms with Gasteiger partial charge in [-0.1, -0.05) is 12.1 Å². The number of aromatic hydroxyl groups is 1. The molecule has 0 fully saturated rings. The van der Waals surface area contributed by atoms with Crippen LogP contribution < -0.4 is 5.43 Å². The summed E-state index contributed by atoms with van der Waals surface area (Å²) < 4.78 is 43.1. The Morgan fingerprint density at radius 3 is 2.43 bits per heavy atom. The van der Waals surface area contributed by atoms with Gasteiger partial charge in [-0.05, 0) is 23.8 Å². The Morgan fingerprint density at radius 1 is 1.09 bits per heavy atom. The van der Waals surface area contributed by atoms with Gasteiger partial charge in [0.05, 0.1) is 23.0 Å². The Bertz CT molecular complexity index is 933. The lowest BCUT2D eigenvalue weighted by molar-refractivity contribution is 0.447. The van der Waals surface area contributed by atoms with Gasteiger partial charge in [-0.2, -0.15) is 0 Å². The molecule has 3 nitrogen and oxygen atoms in total. The van der Waals surface area contributed by atoms with Crippen molar-refractivity contribution < 1.29 is 18.3 Å². The summed E-state index contributed by atoms with van der Waals surface area (Å²) in [6, 6.07) is 7.44. The van der Waals surface area contributed by atoms with Gasteiger partial charge in [0.25, 0.3) is 0 Å². The molecule has 0 amide bonds. The monoisotopic (exact) mass is 319 g/mol. The van der Waals surface area contributed by atoms with Crippen LogP contribution in [0.1, 0.15) is 0 Å². The summed E-state index contributed by atoms with van der Waals surface area (Å²) >= 11 is 0. The van der Waals surface area contributed by atoms with Crippen LogP contribution in [-0.2, 0) is 6.54 Å². The van der Waals surface area contributed by atoms with Crippen molar-refractivity contribution in [3.8, 4) is 16.9 Å². The quantitative estimate of drug-likeness (QED) is 0.801. The van der Waals surface area contributed by atoms with E-state index in [0.29, 0.717) is 0 Å². The number of fused-ring (bicyclic) bond motifs is 1. The van der Waals surface area contributed by atoms with Crippen molar-refractivity contribution in [2.45, 2.75) is 6.54 Å². The van der Waals surface area contributed by atoms with Crippen molar-refractivity contribution in [3.05, 3.63) is 64.5 Å². The lowest BCUT2D eigenvalue weighted by Gasteiger charge is -2.13. The van der Waals surface area contributed by atoms with Crippen molar-refractivity contribution in [1.29, 1.82) is 0 Å². The predicted molar refractivity (Wildman–Crippen MR) is 81.2 cm³/mol. The standard InChI is InChI=1S/C17H12F3NO2/c18-6-8-21-7-5-14(23)12-9-13(19)15(16(20)17(12)21)10-1-3-11(22)4-2-10/h1-5,7,9,22H,6,8H2. The van der Waals surface area contributed by atoms with Crippen molar-refractivity contribution in [2.24, 2.45) is 0 Å². The highest BCUT2D eigenvalue weighted by Crippen LogP contribution is 2.31. The number of phenols is 1. The minimum atomic E-state index is -0.933. The van der Waals surface area contributed by atoms with Crippen LogP contribution in [0.25, 0.3) is 22.0 Å². The molecule has 0 aliphatic carbocycles. The third-order valence-electron chi connectivity index (χ3n) is 3.63. The fraction of sp³-hybridized carbons (Fsp3) is 0.118. The average Bonchev–Trinajstić information content (AvgIpc) is 2.52. The van der Waals surface area contributed by atoms with E-state index in [2.05, 4.69) is 0 Å². The minimum Gasteiger partial charge on any atom is -0.508 e. The molecule has 0 aliphatic rings. The van der Waals surface area contributed by atoms with Crippen LogP contribution >= 0.6 is 0 Å². The molecule has 0 saturated heterocycles. The Morgan fingerprint density at radius 2 is 1.78 bits per heavy atom. The van der Waals surface area contributed by atoms with Gasteiger partial charge in [-0.3, -0.25) is 4.79 Å². The van der Waals surface area contributed by atoms with Gasteiger partial charge in [0.1, 0.15) is 18.2 Å². The summed E-state index contributed by atoms with van der Waals surface area (Å²) in [5, 5.41) is 9.15. The zero-order valence-electron chi connectivity index (χ0n) is 11.9. The first kappa shape index (κ1) is 15.1. The van der Waals surface area contributed by atoms with Gasteiger partial charge in [0.2, 0.25) is 0 Å². The molecule has 118 valence electrons. The third kappa shape index (κ3) is 2.56. The average molecular weight is 319 g/mol. The zero-order valence-corrected chi connectivity index (χ0v) is 11.9. The van der Waals surface area contributed by atoms with E-state index in [9.17, 15) is 23.1 Å². The molecule has 0 bridgehead atoms. The Hall–Kier alpha value is -2.76. The SMILES string of the molecule is O=c1ccn(CCF)c2c(F)c(-c3ccc(O)cc3)c(F)cc12. The Balaban J connectivity index is 2.38. The second-order valence-corrected chi connectivity index (χ2v) is 5.05. The molecular formula is C17H12F3NO2. The van der Waals surface area contributed by atoms with Crippen LogP contribution in [0.2, 0.25) is 0 Å². The van der Waals surface area contributed by atoms with Gasteiger partial charge in [-0.15, -0.1) is 0 Å². The summed E-state index contributed by atoms with van der Waals surface area (Å²) in [5.74, 6) is -1.86. The maximum atomic E-state index is 14.9. The summed E-state index contributed by atoms with van der Waals surface area (Å²) in [6.45, 7) is -0.891. The van der Waals surface area contributed by atoms with Gasteiger partial charge in [-0.25, -0.2) is 13.2 Å². The molecule has 0 atom stereocenters. The van der Waals surface area contributed by atoms with Crippen molar-refractivity contribution in [3.63, 3.8) is 0 Å². The second-order valence-electron chi connectivity index (χ2n) is 5.05. The maximum absolute atomic E-state index is 14.9. The van der Waals surface area contributed by atoms with Gasteiger partial charge in [0, 0.05) is 12.3 Å². The fourth-order valence-corrected chi connectivity index (χ4v) is 2.57. The summed E-state index contributed by atoms with van der Waals surface area (Å²) in [6.07, 6.45) is 1.28. The second kappa shape index (κ2) is 5.79. The molecule has 2 aromatic carbocycles. The van der Waals surface area contributed by atoms with Crippen LogP contribution in [0.3, 0.4) is 0 Å². The Kier molecular flexibility index (Phi) is 3.82. The van der Waals surface area contributed by atoms with E-state index >= 15 is 0 Å². The Labute approximate surface area is 129 Å². The number of hydrogen-bond donors (Lipinski definition) is 1. The number of phenolic OH excluding ortho intramolecular Hbond substituents is 1. The fourth-order valence-electron chi connectivity index (χ4n) is 2.57. The first-order chi connectivity index (χ1) is 11.0. The maximum Gasteiger partial charge on any atom is 0.189 e. The number of alkyl halides is 1. The molecule has 1 N–H and O–H groups in total. The first-order valence-electron chi connectivity index (χ1n) is 6.89. The highest BCUT2D eigenvalue weighted by molar-refractivity contribution is 5.86. The number of hydrogen-bond acceptors (Lipinski definition) is 2. The van der Waals surface area contributed by atoms with Gasteiger partial charge < -0.3 is 9.67 Å². The highest BCUT2D eigenvalue weighted by atomic mass is 19.1. The zero-order chi connectivity index (χ0) is 16.6. The molecular weight excluding hydrogens is 307 g/mol. The van der Waals surface area contributed by atoms with E-state index in [1.807, 2.05) is 0 Å². The van der Waals surface area contributed by atoms with E-state index in [0.717, 1.165) is 12.1 Å². The van der Waals surface area contributed by atoms with Crippen molar-refractivity contribution >= 4 is 10.9 Å². The third-order valence-corrected chi connectivity index (χ3v) is 3.63. The molecule has 0 spiro atoms. The first-order valence-corrected chi connectivity index (χ1v) is 6.89. The van der Waals surface area contributed by atoms with E-state index in [4.69, 9.17) is 0 Å². The lowest BCUT2D eigenvalue weighted by Crippen LogP contribution is -2.12. The number of aromatic nitrogens is 1. The number of aryl methyl sites for hydroxylation is 1. The molecule has 23 heavy (non-hydrogen) atoms. The predicted octanol–water partition coefficient (Wildman–Crippen LogP) is 3.62. The van der Waals surface area contributed by atoms with Crippen molar-refractivity contribution in [2.75, 3.05) is 6.67 Å². The highest BCUT2D eigenvalue weighted by Gasteiger charge is 2.19. The van der Waals surface area contributed by atoms with E-state index in [-0.39, 0.29) is 34.3 Å². The molecule has 1 heterocycles. The summed E-state index contributed by atoms with van der Waals surface area (Å²) in [4.78, 5) is 11.9. The van der Waals surface area contributed by atoms with Crippen LogP contribution in [-0.4, -0.2) is 16.3 Å². The van der Waals surface area contributed by atoms with E-state index in [1.54, 1.807) is 0 Å². The van der Waals surface area contributed by atoms with Crippen LogP contribution in [0, 0.1) is 11.6 Å². The smallest absolute Gasteiger partial charge is 0.189 e. The molecule has 1 aromatic heterocycles. The topological polar surface area (TPSA) is 42.2 Å². The number of nitrogens with zero attached hydrogens (tertiary/aromatic N) is 1.